The van der Waals surface area contributed by atoms with Gasteiger partial charge in [0.25, 0.3) is 5.91 Å². The minimum absolute atomic E-state index is 0. The highest BCUT2D eigenvalue weighted by Crippen LogP contribution is 2.28. The van der Waals surface area contributed by atoms with E-state index >= 15 is 0 Å². The van der Waals surface area contributed by atoms with Crippen LogP contribution in [-0.2, 0) is 0 Å². The maximum absolute atomic E-state index is 13.0. The van der Waals surface area contributed by atoms with Crippen LogP contribution in [0.3, 0.4) is 0 Å². The van der Waals surface area contributed by atoms with Crippen LogP contribution in [0.15, 0.2) is 54.6 Å². The largest absolute Gasteiger partial charge is 0.335 e. The van der Waals surface area contributed by atoms with E-state index in [0.717, 1.165) is 5.56 Å². The zero-order valence-electron chi connectivity index (χ0n) is 15.3. The van der Waals surface area contributed by atoms with Gasteiger partial charge in [-0.05, 0) is 24.6 Å². The van der Waals surface area contributed by atoms with Gasteiger partial charge >= 0.3 is 0 Å². The van der Waals surface area contributed by atoms with Gasteiger partial charge in [0, 0.05) is 25.0 Å². The van der Waals surface area contributed by atoms with E-state index in [9.17, 15) is 4.79 Å². The van der Waals surface area contributed by atoms with Crippen LogP contribution in [-0.4, -0.2) is 44.9 Å². The van der Waals surface area contributed by atoms with Crippen molar-refractivity contribution in [2.45, 2.75) is 18.9 Å². The number of benzene rings is 2. The molecule has 0 bridgehead atoms. The number of hydrogen-bond donors (Lipinski definition) is 1. The van der Waals surface area contributed by atoms with Gasteiger partial charge in [-0.3, -0.25) is 4.79 Å². The molecular weight excluding hydrogens is 397 g/mol. The number of nitrogens with zero attached hydrogens (tertiary/aromatic N) is 4. The van der Waals surface area contributed by atoms with Crippen LogP contribution >= 0.6 is 24.0 Å². The van der Waals surface area contributed by atoms with Crippen LogP contribution in [0.1, 0.15) is 27.7 Å². The highest BCUT2D eigenvalue weighted by atomic mass is 35.5. The molecule has 0 radical (unpaired) electrons. The zero-order chi connectivity index (χ0) is 19.0. The summed E-state index contributed by atoms with van der Waals surface area (Å²) in [5.41, 5.74) is 9.15. The first kappa shape index (κ1) is 20.3. The molecule has 1 aliphatic rings. The Kier molecular flexibility index (Phi) is 6.03. The van der Waals surface area contributed by atoms with E-state index in [1.54, 1.807) is 15.6 Å². The lowest BCUT2D eigenvalue weighted by Gasteiger charge is -2.15. The Morgan fingerprint density at radius 1 is 1.11 bits per heavy atom. The summed E-state index contributed by atoms with van der Waals surface area (Å²) >= 11 is 6.25. The van der Waals surface area contributed by atoms with Gasteiger partial charge in [0.15, 0.2) is 5.69 Å². The number of amides is 1. The molecule has 1 fully saturated rings. The molecule has 6 nitrogen and oxygen atoms in total. The summed E-state index contributed by atoms with van der Waals surface area (Å²) in [6.07, 6.45) is 0. The fourth-order valence-corrected chi connectivity index (χ4v) is 3.79. The molecule has 0 spiro atoms. The Bertz CT molecular complexity index is 976. The molecule has 8 heteroatoms. The van der Waals surface area contributed by atoms with Crippen LogP contribution in [0.5, 0.6) is 0 Å². The number of carbonyl (C=O) groups is 1. The van der Waals surface area contributed by atoms with Crippen molar-refractivity contribution in [2.75, 3.05) is 13.1 Å². The van der Waals surface area contributed by atoms with Gasteiger partial charge in [-0.15, -0.1) is 17.5 Å². The quantitative estimate of drug-likeness (QED) is 0.709. The van der Waals surface area contributed by atoms with Crippen LogP contribution in [0.2, 0.25) is 5.02 Å². The summed E-state index contributed by atoms with van der Waals surface area (Å²) in [6.45, 7) is 2.89. The third-order valence-electron chi connectivity index (χ3n) is 5.06. The molecule has 28 heavy (non-hydrogen) atoms. The molecule has 1 aromatic heterocycles. The van der Waals surface area contributed by atoms with Gasteiger partial charge in [-0.1, -0.05) is 59.3 Å². The van der Waals surface area contributed by atoms with E-state index in [-0.39, 0.29) is 30.3 Å². The van der Waals surface area contributed by atoms with Crippen molar-refractivity contribution >= 4 is 29.9 Å². The van der Waals surface area contributed by atoms with Crippen LogP contribution in [0, 0.1) is 6.92 Å². The molecule has 1 amide bonds. The summed E-state index contributed by atoms with van der Waals surface area (Å²) in [4.78, 5) is 14.8. The lowest BCUT2D eigenvalue weighted by molar-refractivity contribution is 0.0782. The minimum Gasteiger partial charge on any atom is -0.335 e. The third kappa shape index (κ3) is 3.63. The summed E-state index contributed by atoms with van der Waals surface area (Å²) in [6, 6.07) is 17.3. The van der Waals surface area contributed by atoms with Crippen LogP contribution < -0.4 is 5.73 Å². The van der Waals surface area contributed by atoms with E-state index in [1.165, 1.54) is 0 Å². The molecule has 2 aromatic carbocycles. The Labute approximate surface area is 174 Å². The summed E-state index contributed by atoms with van der Waals surface area (Å²) in [7, 11) is 0. The van der Waals surface area contributed by atoms with E-state index in [4.69, 9.17) is 17.3 Å². The molecule has 1 saturated heterocycles. The predicted molar refractivity (Wildman–Crippen MR) is 111 cm³/mol. The summed E-state index contributed by atoms with van der Waals surface area (Å²) in [5, 5.41) is 8.81. The number of nitrogens with two attached hydrogens (primary N) is 1. The van der Waals surface area contributed by atoms with Crippen LogP contribution in [0.4, 0.5) is 0 Å². The van der Waals surface area contributed by atoms with E-state index < -0.39 is 0 Å². The standard InChI is InChI=1S/C20H20ClN5O.ClH/c1-13-19(23-24-26(13)18-10-6-5-9-16(18)21)20(27)25-11-15(17(22)12-25)14-7-3-2-4-8-14;/h2-10,15,17H,11-12,22H2,1H3;1H/t15-,17+;/m0./s1. The number of hydrogen-bond acceptors (Lipinski definition) is 4. The molecule has 3 aromatic rings. The Balaban J connectivity index is 0.00000225. The van der Waals surface area contributed by atoms with Crippen molar-refractivity contribution in [1.29, 1.82) is 0 Å². The molecule has 2 atom stereocenters. The molecule has 0 aliphatic carbocycles. The Morgan fingerprint density at radius 2 is 1.79 bits per heavy atom. The number of aromatic nitrogens is 3. The SMILES string of the molecule is Cc1c(C(=O)N2C[C@@H](N)[C@H](c3ccccc3)C2)nnn1-c1ccccc1Cl.Cl. The molecule has 0 unspecified atom stereocenters. The molecule has 146 valence electrons. The first-order chi connectivity index (χ1) is 13.1. The average molecular weight is 418 g/mol. The maximum Gasteiger partial charge on any atom is 0.276 e. The van der Waals surface area contributed by atoms with Crippen LogP contribution in [0.25, 0.3) is 5.69 Å². The highest BCUT2D eigenvalue weighted by Gasteiger charge is 2.36. The molecular formula is C20H21Cl2N5O. The second kappa shape index (κ2) is 8.31. The van der Waals surface area contributed by atoms with E-state index in [1.807, 2.05) is 43.3 Å². The number of para-hydroxylation sites is 1. The van der Waals surface area contributed by atoms with Gasteiger partial charge in [-0.2, -0.15) is 0 Å². The number of carbonyl (C=O) groups excluding carboxylic acids is 1. The molecule has 1 aliphatic heterocycles. The third-order valence-corrected chi connectivity index (χ3v) is 5.38. The van der Waals surface area contributed by atoms with E-state index in [2.05, 4.69) is 22.4 Å². The molecule has 4 rings (SSSR count). The topological polar surface area (TPSA) is 77.0 Å². The zero-order valence-corrected chi connectivity index (χ0v) is 16.9. The first-order valence-corrected chi connectivity index (χ1v) is 9.21. The monoisotopic (exact) mass is 417 g/mol. The fourth-order valence-electron chi connectivity index (χ4n) is 3.58. The highest BCUT2D eigenvalue weighted by molar-refractivity contribution is 6.32. The van der Waals surface area contributed by atoms with E-state index in [0.29, 0.717) is 35.2 Å². The van der Waals surface area contributed by atoms with Gasteiger partial charge < -0.3 is 10.6 Å². The van der Waals surface area contributed by atoms with Crippen molar-refractivity contribution in [3.8, 4) is 5.69 Å². The second-order valence-corrected chi connectivity index (χ2v) is 7.19. The van der Waals surface area contributed by atoms with Gasteiger partial charge in [0.2, 0.25) is 0 Å². The molecule has 2 N–H and O–H groups in total. The van der Waals surface area contributed by atoms with Crippen molar-refractivity contribution in [1.82, 2.24) is 19.9 Å². The van der Waals surface area contributed by atoms with Crippen molar-refractivity contribution in [3.63, 3.8) is 0 Å². The van der Waals surface area contributed by atoms with Crippen molar-refractivity contribution in [2.24, 2.45) is 5.73 Å². The number of halogens is 2. The second-order valence-electron chi connectivity index (χ2n) is 6.78. The Morgan fingerprint density at radius 3 is 2.50 bits per heavy atom. The smallest absolute Gasteiger partial charge is 0.276 e. The minimum atomic E-state index is -0.153. The first-order valence-electron chi connectivity index (χ1n) is 8.83. The Hall–Kier alpha value is -2.41. The summed E-state index contributed by atoms with van der Waals surface area (Å²) < 4.78 is 1.60. The fraction of sp³-hybridized carbons (Fsp3) is 0.250. The van der Waals surface area contributed by atoms with Gasteiger partial charge in [-0.25, -0.2) is 4.68 Å². The average Bonchev–Trinajstić information content (AvgIpc) is 3.25. The van der Waals surface area contributed by atoms with Gasteiger partial charge in [0.05, 0.1) is 16.4 Å². The van der Waals surface area contributed by atoms with Crippen molar-refractivity contribution in [3.05, 3.63) is 76.6 Å². The predicted octanol–water partition coefficient (Wildman–Crippen LogP) is 3.22. The normalized spacial score (nSPS) is 18.8. The maximum atomic E-state index is 13.0. The lowest BCUT2D eigenvalue weighted by atomic mass is 9.95. The molecule has 0 saturated carbocycles. The van der Waals surface area contributed by atoms with Crippen molar-refractivity contribution < 1.29 is 4.79 Å². The number of rotatable bonds is 3. The molecule has 2 heterocycles. The lowest BCUT2D eigenvalue weighted by Crippen LogP contribution is -2.32. The summed E-state index contributed by atoms with van der Waals surface area (Å²) in [5.74, 6) is -0.0336. The van der Waals surface area contributed by atoms with Gasteiger partial charge in [0.1, 0.15) is 0 Å². The number of likely N-dealkylation sites (tertiary alicyclic amines) is 1.